The Morgan fingerprint density at radius 2 is 1.89 bits per heavy atom. The smallest absolute Gasteiger partial charge is 0.404 e. The first kappa shape index (κ1) is 20.2. The maximum Gasteiger partial charge on any atom is 0.573 e. The van der Waals surface area contributed by atoms with Crippen LogP contribution in [-0.2, 0) is 0 Å². The second kappa shape index (κ2) is 8.08. The van der Waals surface area contributed by atoms with Gasteiger partial charge in [0.2, 0.25) is 0 Å². The van der Waals surface area contributed by atoms with Gasteiger partial charge in [-0.1, -0.05) is 23.8 Å². The Morgan fingerprint density at radius 1 is 1.26 bits per heavy atom. The van der Waals surface area contributed by atoms with E-state index in [2.05, 4.69) is 28.3 Å². The van der Waals surface area contributed by atoms with Crippen LogP contribution in [0.4, 0.5) is 18.0 Å². The summed E-state index contributed by atoms with van der Waals surface area (Å²) < 4.78 is 41.8. The van der Waals surface area contributed by atoms with Gasteiger partial charge in [0.1, 0.15) is 5.75 Å². The van der Waals surface area contributed by atoms with E-state index in [1.807, 2.05) is 0 Å². The van der Waals surface area contributed by atoms with Crippen molar-refractivity contribution in [3.63, 3.8) is 0 Å². The Balaban J connectivity index is 2.35. The summed E-state index contributed by atoms with van der Waals surface area (Å²) in [5.41, 5.74) is -0.934. The van der Waals surface area contributed by atoms with Gasteiger partial charge in [-0.3, -0.25) is 0 Å². The summed E-state index contributed by atoms with van der Waals surface area (Å²) in [5.74, 6) is -0.646. The van der Waals surface area contributed by atoms with Gasteiger partial charge in [0.25, 0.3) is 0 Å². The van der Waals surface area contributed by atoms with Gasteiger partial charge in [0.15, 0.2) is 0 Å². The van der Waals surface area contributed by atoms with Crippen LogP contribution in [-0.4, -0.2) is 50.2 Å². The highest BCUT2D eigenvalue weighted by Crippen LogP contribution is 2.31. The van der Waals surface area contributed by atoms with Crippen molar-refractivity contribution in [3.05, 3.63) is 59.0 Å². The van der Waals surface area contributed by atoms with E-state index in [1.165, 1.54) is 17.1 Å². The SMILES string of the molecule is C=CCN(CC=C)C(=O)n1nnn(-c2ccc(OC(F)(F)F)c(Cl)c2)c1=O. The number of amides is 1. The van der Waals surface area contributed by atoms with Gasteiger partial charge in [-0.05, 0) is 28.6 Å². The molecular formula is C15H13ClF3N5O3. The van der Waals surface area contributed by atoms with Crippen molar-refractivity contribution in [3.8, 4) is 11.4 Å². The van der Waals surface area contributed by atoms with Gasteiger partial charge in [-0.15, -0.1) is 31.0 Å². The van der Waals surface area contributed by atoms with Gasteiger partial charge < -0.3 is 9.64 Å². The number of hydrogen-bond acceptors (Lipinski definition) is 5. The second-order valence-corrected chi connectivity index (χ2v) is 5.42. The predicted octanol–water partition coefficient (Wildman–Crippen LogP) is 2.62. The number of carbonyl (C=O) groups excluding carboxylic acids is 1. The third-order valence-corrected chi connectivity index (χ3v) is 3.41. The average molecular weight is 404 g/mol. The molecule has 12 heteroatoms. The number of benzene rings is 1. The Kier molecular flexibility index (Phi) is 6.05. The zero-order chi connectivity index (χ0) is 20.2. The first-order valence-corrected chi connectivity index (χ1v) is 7.67. The normalized spacial score (nSPS) is 11.1. The number of hydrogen-bond donors (Lipinski definition) is 0. The molecule has 2 aromatic rings. The molecule has 0 saturated carbocycles. The van der Waals surface area contributed by atoms with Gasteiger partial charge >= 0.3 is 18.1 Å². The Labute approximate surface area is 155 Å². The summed E-state index contributed by atoms with van der Waals surface area (Å²) in [4.78, 5) is 26.0. The van der Waals surface area contributed by atoms with E-state index in [0.29, 0.717) is 9.36 Å². The largest absolute Gasteiger partial charge is 0.573 e. The molecule has 0 aliphatic heterocycles. The lowest BCUT2D eigenvalue weighted by Gasteiger charge is -2.17. The van der Waals surface area contributed by atoms with Crippen molar-refractivity contribution in [1.29, 1.82) is 0 Å². The highest BCUT2D eigenvalue weighted by molar-refractivity contribution is 6.32. The van der Waals surface area contributed by atoms with E-state index in [1.54, 1.807) is 0 Å². The van der Waals surface area contributed by atoms with Crippen molar-refractivity contribution in [1.82, 2.24) is 24.7 Å². The number of carbonyl (C=O) groups is 1. The number of tetrazole rings is 1. The van der Waals surface area contributed by atoms with Crippen LogP contribution in [0, 0.1) is 0 Å². The van der Waals surface area contributed by atoms with Crippen molar-refractivity contribution >= 4 is 17.6 Å². The molecule has 1 amide bonds. The molecule has 1 aromatic carbocycles. The number of alkyl halides is 3. The molecule has 1 heterocycles. The fraction of sp³-hybridized carbons (Fsp3) is 0.200. The van der Waals surface area contributed by atoms with E-state index in [9.17, 15) is 22.8 Å². The zero-order valence-electron chi connectivity index (χ0n) is 13.7. The highest BCUT2D eigenvalue weighted by Gasteiger charge is 2.32. The average Bonchev–Trinajstić information content (AvgIpc) is 2.96. The summed E-state index contributed by atoms with van der Waals surface area (Å²) in [5, 5.41) is 6.64. The summed E-state index contributed by atoms with van der Waals surface area (Å²) in [6, 6.07) is 2.29. The molecule has 0 fully saturated rings. The van der Waals surface area contributed by atoms with Crippen LogP contribution in [0.25, 0.3) is 5.69 Å². The van der Waals surface area contributed by atoms with Gasteiger partial charge in [0.05, 0.1) is 10.7 Å². The quantitative estimate of drug-likeness (QED) is 0.547. The second-order valence-electron chi connectivity index (χ2n) is 5.01. The minimum atomic E-state index is -4.92. The molecule has 0 atom stereocenters. The van der Waals surface area contributed by atoms with Gasteiger partial charge in [-0.25, -0.2) is 9.59 Å². The minimum absolute atomic E-state index is 0.00225. The molecule has 0 spiro atoms. The van der Waals surface area contributed by atoms with E-state index >= 15 is 0 Å². The van der Waals surface area contributed by atoms with Crippen molar-refractivity contribution in [2.24, 2.45) is 0 Å². The Bertz CT molecular complexity index is 912. The Hall–Kier alpha value is -3.08. The van der Waals surface area contributed by atoms with Gasteiger partial charge in [-0.2, -0.15) is 4.68 Å². The molecule has 0 unspecified atom stereocenters. The molecule has 2 rings (SSSR count). The topological polar surface area (TPSA) is 82.2 Å². The molecule has 0 aliphatic rings. The molecule has 144 valence electrons. The summed E-state index contributed by atoms with van der Waals surface area (Å²) in [7, 11) is 0. The minimum Gasteiger partial charge on any atom is -0.404 e. The van der Waals surface area contributed by atoms with E-state index < -0.39 is 28.9 Å². The van der Waals surface area contributed by atoms with E-state index in [0.717, 1.165) is 18.2 Å². The fourth-order valence-electron chi connectivity index (χ4n) is 2.03. The number of halogens is 4. The van der Waals surface area contributed by atoms with Crippen LogP contribution in [0.3, 0.4) is 0 Å². The first-order valence-electron chi connectivity index (χ1n) is 7.29. The summed E-state index contributed by atoms with van der Waals surface area (Å²) in [6.45, 7) is 7.30. The highest BCUT2D eigenvalue weighted by atomic mass is 35.5. The maximum atomic E-state index is 12.4. The van der Waals surface area contributed by atoms with Crippen LogP contribution in [0.1, 0.15) is 0 Å². The number of ether oxygens (including phenoxy) is 1. The molecule has 0 aliphatic carbocycles. The lowest BCUT2D eigenvalue weighted by atomic mass is 10.3. The van der Waals surface area contributed by atoms with Crippen LogP contribution in [0.5, 0.6) is 5.75 Å². The molecule has 27 heavy (non-hydrogen) atoms. The summed E-state index contributed by atoms with van der Waals surface area (Å²) >= 11 is 5.75. The Morgan fingerprint density at radius 3 is 2.41 bits per heavy atom. The molecule has 8 nitrogen and oxygen atoms in total. The summed E-state index contributed by atoms with van der Waals surface area (Å²) in [6.07, 6.45) is -2.01. The number of rotatable bonds is 6. The lowest BCUT2D eigenvalue weighted by molar-refractivity contribution is -0.274. The third kappa shape index (κ3) is 4.76. The molecule has 0 radical (unpaired) electrons. The fourth-order valence-corrected chi connectivity index (χ4v) is 2.25. The zero-order valence-corrected chi connectivity index (χ0v) is 14.4. The van der Waals surface area contributed by atoms with Crippen LogP contribution >= 0.6 is 11.6 Å². The van der Waals surface area contributed by atoms with Crippen molar-refractivity contribution < 1.29 is 22.7 Å². The number of nitrogens with zero attached hydrogens (tertiary/aromatic N) is 5. The van der Waals surface area contributed by atoms with Crippen LogP contribution in [0.15, 0.2) is 48.3 Å². The monoisotopic (exact) mass is 403 g/mol. The van der Waals surface area contributed by atoms with E-state index in [4.69, 9.17) is 11.6 Å². The molecule has 0 saturated heterocycles. The standard InChI is InChI=1S/C15H13ClF3N5O3/c1-3-7-22(8-4-2)13(25)24-14(26)23(20-21-24)10-5-6-12(11(16)9-10)27-15(17,18)19/h3-6,9H,1-2,7-8H2. The number of aromatic nitrogens is 4. The molecular weight excluding hydrogens is 391 g/mol. The lowest BCUT2D eigenvalue weighted by Crippen LogP contribution is -2.41. The van der Waals surface area contributed by atoms with Crippen molar-refractivity contribution in [2.75, 3.05) is 13.1 Å². The molecule has 0 N–H and O–H groups in total. The maximum absolute atomic E-state index is 12.4. The first-order chi connectivity index (χ1) is 12.7. The molecule has 1 aromatic heterocycles. The predicted molar refractivity (Wildman–Crippen MR) is 90.1 cm³/mol. The molecule has 0 bridgehead atoms. The van der Waals surface area contributed by atoms with Gasteiger partial charge in [0, 0.05) is 13.1 Å². The third-order valence-electron chi connectivity index (χ3n) is 3.12. The van der Waals surface area contributed by atoms with Crippen molar-refractivity contribution in [2.45, 2.75) is 6.36 Å². The van der Waals surface area contributed by atoms with E-state index in [-0.39, 0.29) is 18.8 Å². The van der Waals surface area contributed by atoms with Crippen LogP contribution < -0.4 is 10.4 Å². The van der Waals surface area contributed by atoms with Crippen LogP contribution in [0.2, 0.25) is 5.02 Å².